The molecule has 1 fully saturated rings. The van der Waals surface area contributed by atoms with Gasteiger partial charge in [0.15, 0.2) is 0 Å². The van der Waals surface area contributed by atoms with Gasteiger partial charge in [0, 0.05) is 6.20 Å². The van der Waals surface area contributed by atoms with E-state index in [1.807, 2.05) is 27.7 Å². The van der Waals surface area contributed by atoms with E-state index in [1.54, 1.807) is 0 Å². The maximum Gasteiger partial charge on any atom is 0.518 e. The van der Waals surface area contributed by atoms with Gasteiger partial charge in [-0.25, -0.2) is 4.79 Å². The van der Waals surface area contributed by atoms with Gasteiger partial charge in [-0.15, -0.1) is 0 Å². The summed E-state index contributed by atoms with van der Waals surface area (Å²) in [6.45, 7) is 7.59. The van der Waals surface area contributed by atoms with Crippen LogP contribution in [0.3, 0.4) is 0 Å². The summed E-state index contributed by atoms with van der Waals surface area (Å²) in [6, 6.07) is 1.38. The molecule has 1 aromatic rings. The Morgan fingerprint density at radius 3 is 2.35 bits per heavy atom. The average molecular weight is 279 g/mol. The summed E-state index contributed by atoms with van der Waals surface area (Å²) in [4.78, 5) is 15.6. The third-order valence-corrected chi connectivity index (χ3v) is 3.83. The van der Waals surface area contributed by atoms with Crippen molar-refractivity contribution < 1.29 is 23.9 Å². The summed E-state index contributed by atoms with van der Waals surface area (Å²) in [5.74, 6) is -0.916. The Labute approximate surface area is 118 Å². The number of carbonyl (C=O) groups excluding carboxylic acids is 1. The summed E-state index contributed by atoms with van der Waals surface area (Å²) < 4.78 is 16.2. The van der Waals surface area contributed by atoms with Crippen LogP contribution in [-0.4, -0.2) is 41.5 Å². The van der Waals surface area contributed by atoms with Gasteiger partial charge in [0.2, 0.25) is 0 Å². The first-order valence-electron chi connectivity index (χ1n) is 6.31. The smallest absolute Gasteiger partial charge is 0.506 e. The molecule has 20 heavy (non-hydrogen) atoms. The fraction of sp³-hybridized carbons (Fsp3) is 0.538. The second kappa shape index (κ2) is 4.75. The molecule has 6 nitrogen and oxygen atoms in total. The highest BCUT2D eigenvalue weighted by Gasteiger charge is 2.53. The van der Waals surface area contributed by atoms with E-state index in [9.17, 15) is 9.90 Å². The molecule has 0 atom stereocenters. The topological polar surface area (TPSA) is 77.9 Å². The number of carbonyl (C=O) groups is 1. The van der Waals surface area contributed by atoms with Crippen molar-refractivity contribution in [2.24, 2.45) is 0 Å². The van der Waals surface area contributed by atoms with Crippen LogP contribution >= 0.6 is 0 Å². The molecule has 1 aliphatic heterocycles. The molecule has 0 aliphatic carbocycles. The van der Waals surface area contributed by atoms with Crippen molar-refractivity contribution in [1.82, 2.24) is 4.98 Å². The summed E-state index contributed by atoms with van der Waals surface area (Å²) >= 11 is 0. The van der Waals surface area contributed by atoms with Gasteiger partial charge in [0.05, 0.1) is 18.3 Å². The van der Waals surface area contributed by atoms with E-state index >= 15 is 0 Å². The van der Waals surface area contributed by atoms with E-state index in [-0.39, 0.29) is 16.9 Å². The van der Waals surface area contributed by atoms with Crippen LogP contribution < -0.4 is 5.59 Å². The van der Waals surface area contributed by atoms with Crippen LogP contribution in [0.2, 0.25) is 0 Å². The lowest BCUT2D eigenvalue weighted by atomic mass is 9.82. The second-order valence-electron chi connectivity index (χ2n) is 5.67. The molecule has 0 saturated carbocycles. The van der Waals surface area contributed by atoms with Crippen molar-refractivity contribution in [2.45, 2.75) is 38.9 Å². The number of hydrogen-bond acceptors (Lipinski definition) is 6. The monoisotopic (exact) mass is 279 g/mol. The predicted octanol–water partition coefficient (Wildman–Crippen LogP) is 0.873. The molecule has 7 heteroatoms. The Kier molecular flexibility index (Phi) is 3.52. The molecule has 1 saturated heterocycles. The number of rotatable bonds is 2. The van der Waals surface area contributed by atoms with Crippen molar-refractivity contribution >= 4 is 18.7 Å². The molecule has 0 unspecified atom stereocenters. The third-order valence-electron chi connectivity index (χ3n) is 3.83. The quantitative estimate of drug-likeness (QED) is 0.639. The highest BCUT2D eigenvalue weighted by molar-refractivity contribution is 6.62. The van der Waals surface area contributed by atoms with Crippen molar-refractivity contribution in [3.8, 4) is 5.75 Å². The third kappa shape index (κ3) is 2.27. The molecule has 0 amide bonds. The standard InChI is InChI=1S/C13H18BNO5/c1-12(2)13(3,4)20-14(19-12)10-9(16)8(6-7-15-10)11(17)18-5/h6-7,16H,1-5H3. The number of pyridine rings is 1. The van der Waals surface area contributed by atoms with E-state index in [0.29, 0.717) is 0 Å². The van der Waals surface area contributed by atoms with Gasteiger partial charge in [0.25, 0.3) is 0 Å². The van der Waals surface area contributed by atoms with Crippen LogP contribution in [0.1, 0.15) is 38.1 Å². The number of esters is 1. The zero-order valence-corrected chi connectivity index (χ0v) is 12.3. The number of ether oxygens (including phenoxy) is 1. The van der Waals surface area contributed by atoms with Crippen molar-refractivity contribution in [1.29, 1.82) is 0 Å². The van der Waals surface area contributed by atoms with Crippen molar-refractivity contribution in [2.75, 3.05) is 7.11 Å². The van der Waals surface area contributed by atoms with Gasteiger partial charge >= 0.3 is 13.1 Å². The molecule has 1 aromatic heterocycles. The Morgan fingerprint density at radius 2 is 1.85 bits per heavy atom. The number of aromatic hydroxyl groups is 1. The highest BCUT2D eigenvalue weighted by atomic mass is 16.7. The lowest BCUT2D eigenvalue weighted by Crippen LogP contribution is -2.41. The SMILES string of the molecule is COC(=O)c1ccnc(B2OC(C)(C)C(C)(C)O2)c1O. The second-order valence-corrected chi connectivity index (χ2v) is 5.67. The van der Waals surface area contributed by atoms with E-state index in [0.717, 1.165) is 0 Å². The number of methoxy groups -OCH3 is 1. The van der Waals surface area contributed by atoms with Crippen LogP contribution in [0.5, 0.6) is 5.75 Å². The zero-order chi connectivity index (χ0) is 15.1. The molecule has 2 rings (SSSR count). The summed E-state index contributed by atoms with van der Waals surface area (Å²) in [5.41, 5.74) is -0.890. The van der Waals surface area contributed by atoms with Gasteiger partial charge < -0.3 is 19.2 Å². The minimum Gasteiger partial charge on any atom is -0.506 e. The first kappa shape index (κ1) is 14.8. The Morgan fingerprint density at radius 1 is 1.30 bits per heavy atom. The van der Waals surface area contributed by atoms with Gasteiger partial charge in [-0.1, -0.05) is 0 Å². The van der Waals surface area contributed by atoms with Crippen molar-refractivity contribution in [3.63, 3.8) is 0 Å². The van der Waals surface area contributed by atoms with E-state index in [1.165, 1.54) is 19.4 Å². The molecule has 1 N–H and O–H groups in total. The van der Waals surface area contributed by atoms with E-state index in [2.05, 4.69) is 9.72 Å². The summed E-state index contributed by atoms with van der Waals surface area (Å²) in [6.07, 6.45) is 1.41. The van der Waals surface area contributed by atoms with Gasteiger partial charge in [-0.2, -0.15) is 0 Å². The van der Waals surface area contributed by atoms with Crippen LogP contribution in [0.25, 0.3) is 0 Å². The average Bonchev–Trinajstić information content (AvgIpc) is 2.57. The summed E-state index contributed by atoms with van der Waals surface area (Å²) in [7, 11) is 0.418. The largest absolute Gasteiger partial charge is 0.518 e. The fourth-order valence-corrected chi connectivity index (χ4v) is 1.87. The zero-order valence-electron chi connectivity index (χ0n) is 12.3. The molecule has 0 aromatic carbocycles. The Bertz CT molecular complexity index is 528. The molecule has 2 heterocycles. The molecular weight excluding hydrogens is 261 g/mol. The van der Waals surface area contributed by atoms with E-state index in [4.69, 9.17) is 9.31 Å². The van der Waals surface area contributed by atoms with Crippen LogP contribution in [0.4, 0.5) is 0 Å². The normalized spacial score (nSPS) is 19.9. The first-order valence-corrected chi connectivity index (χ1v) is 6.31. The number of hydrogen-bond donors (Lipinski definition) is 1. The minimum atomic E-state index is -0.829. The molecule has 108 valence electrons. The maximum atomic E-state index is 11.6. The van der Waals surface area contributed by atoms with Gasteiger partial charge in [-0.3, -0.25) is 4.98 Å². The van der Waals surface area contributed by atoms with Gasteiger partial charge in [-0.05, 0) is 33.8 Å². The predicted molar refractivity (Wildman–Crippen MR) is 73.0 cm³/mol. The summed E-state index contributed by atoms with van der Waals surface area (Å²) in [5, 5.41) is 10.2. The molecule has 0 bridgehead atoms. The molecule has 1 aliphatic rings. The van der Waals surface area contributed by atoms with Crippen LogP contribution in [0.15, 0.2) is 12.3 Å². The van der Waals surface area contributed by atoms with E-state index < -0.39 is 24.3 Å². The fourth-order valence-electron chi connectivity index (χ4n) is 1.87. The number of aromatic nitrogens is 1. The lowest BCUT2D eigenvalue weighted by molar-refractivity contribution is 0.00578. The Balaban J connectivity index is 2.39. The maximum absolute atomic E-state index is 11.6. The van der Waals surface area contributed by atoms with Gasteiger partial charge in [0.1, 0.15) is 16.9 Å². The number of nitrogens with zero attached hydrogens (tertiary/aromatic N) is 1. The molecule has 0 spiro atoms. The van der Waals surface area contributed by atoms with Crippen LogP contribution in [-0.2, 0) is 14.0 Å². The lowest BCUT2D eigenvalue weighted by Gasteiger charge is -2.32. The van der Waals surface area contributed by atoms with Crippen molar-refractivity contribution in [3.05, 3.63) is 17.8 Å². The minimum absolute atomic E-state index is 0.0345. The first-order chi connectivity index (χ1) is 9.19. The molecule has 0 radical (unpaired) electrons. The highest BCUT2D eigenvalue weighted by Crippen LogP contribution is 2.37. The Hall–Kier alpha value is -1.60. The molecular formula is C13H18BNO5. The van der Waals surface area contributed by atoms with Crippen LogP contribution in [0, 0.1) is 0 Å².